The topological polar surface area (TPSA) is 109 Å². The van der Waals surface area contributed by atoms with Gasteiger partial charge in [-0.25, -0.2) is 0 Å². The summed E-state index contributed by atoms with van der Waals surface area (Å²) in [4.78, 5) is 33.8. The minimum atomic E-state index is -0.453. The van der Waals surface area contributed by atoms with E-state index in [1.807, 2.05) is 13.8 Å². The predicted octanol–water partition coefficient (Wildman–Crippen LogP) is 15.5. The van der Waals surface area contributed by atoms with Gasteiger partial charge in [0.05, 0.1) is 5.60 Å². The van der Waals surface area contributed by atoms with Crippen LogP contribution in [-0.4, -0.2) is 45.1 Å². The Hall–Kier alpha value is -0.141. The van der Waals surface area contributed by atoms with Gasteiger partial charge in [0.25, 0.3) is 0 Å². The minimum absolute atomic E-state index is 0. The number of aliphatic hydroxyl groups is 1. The molecule has 4 N–H and O–H groups in total. The summed E-state index contributed by atoms with van der Waals surface area (Å²) < 4.78 is 0. The van der Waals surface area contributed by atoms with Crippen LogP contribution in [0.1, 0.15) is 242 Å². The van der Waals surface area contributed by atoms with Crippen LogP contribution in [0.25, 0.3) is 0 Å². The van der Waals surface area contributed by atoms with Gasteiger partial charge in [-0.1, -0.05) is 130 Å². The fourth-order valence-electron chi connectivity index (χ4n) is 15.5. The summed E-state index contributed by atoms with van der Waals surface area (Å²) in [6.45, 7) is 48.8. The standard InChI is InChI=1S/C13H24ClNO.C11H23N.C11H22O.C10H18O.C9H14O.2ClH.Cu/c1-11(2)7-12(3,4)9-13(5,8-11)15-10(16)6-14;2*1-9(2)6-10(3,4)8-11(5,12)7-9;1-9(2)5-8(11)6-10(3,4)7-9;1-7-4-8(10)6-9(2,3)5-7;;;/h6-9H2,1-5H3,(H,15,16);6-8,12H2,1-5H3;12H,6-8H2,1-5H3;5-7H2,1-4H3;4H,5-6H2,1-3H3;2*1H;/q;;;;;;;+1/p-1. The van der Waals surface area contributed by atoms with Crippen molar-refractivity contribution in [3.05, 3.63) is 11.6 Å². The molecule has 0 aromatic rings. The molecule has 0 atom stereocenters. The molecule has 0 aliphatic heterocycles. The number of amides is 1. The van der Waals surface area contributed by atoms with Gasteiger partial charge in [0.1, 0.15) is 11.7 Å². The number of carbonyl (C=O) groups excluding carboxylic acids is 3. The average molecular weight is 1010 g/mol. The van der Waals surface area contributed by atoms with E-state index in [0.29, 0.717) is 33.9 Å². The van der Waals surface area contributed by atoms with Gasteiger partial charge in [-0.2, -0.15) is 0 Å². The molecule has 5 aliphatic rings. The van der Waals surface area contributed by atoms with Crippen molar-refractivity contribution in [1.29, 1.82) is 0 Å². The van der Waals surface area contributed by atoms with Gasteiger partial charge < -0.3 is 16.2 Å². The summed E-state index contributed by atoms with van der Waals surface area (Å²) in [6, 6.07) is 0. The monoisotopic (exact) mass is 1010 g/mol. The van der Waals surface area contributed by atoms with Gasteiger partial charge in [0.2, 0.25) is 5.91 Å². The van der Waals surface area contributed by atoms with Gasteiger partial charge in [-0.05, 0) is 153 Å². The number of halogens is 3. The van der Waals surface area contributed by atoms with Crippen LogP contribution in [0, 0.1) is 48.7 Å². The van der Waals surface area contributed by atoms with Crippen molar-refractivity contribution in [2.75, 3.05) is 5.88 Å². The Morgan fingerprint density at radius 1 is 0.547 bits per heavy atom. The number of allylic oxidation sites excluding steroid dienone is 2. The van der Waals surface area contributed by atoms with E-state index < -0.39 is 5.60 Å². The van der Waals surface area contributed by atoms with Crippen molar-refractivity contribution in [3.8, 4) is 0 Å². The number of Topliss-reactive ketones (excluding diaryl/α,β-unsaturated/α-hetero) is 1. The summed E-state index contributed by atoms with van der Waals surface area (Å²) in [5.41, 5.74) is 9.59. The molecule has 0 unspecified atom stereocenters. The Morgan fingerprint density at radius 3 is 1.12 bits per heavy atom. The Bertz CT molecular complexity index is 1390. The van der Waals surface area contributed by atoms with Crippen molar-refractivity contribution in [1.82, 2.24) is 5.32 Å². The van der Waals surface area contributed by atoms with Crippen LogP contribution in [0.3, 0.4) is 0 Å². The van der Waals surface area contributed by atoms with Crippen LogP contribution in [0.4, 0.5) is 0 Å². The van der Waals surface area contributed by atoms with Crippen molar-refractivity contribution in [2.24, 2.45) is 54.5 Å². The van der Waals surface area contributed by atoms with Crippen LogP contribution in [0.2, 0.25) is 0 Å². The summed E-state index contributed by atoms with van der Waals surface area (Å²) in [7, 11) is 4.20. The fraction of sp³-hybridized carbons (Fsp3) is 0.907. The molecule has 0 bridgehead atoms. The first kappa shape index (κ1) is 65.9. The Labute approximate surface area is 419 Å². The van der Waals surface area contributed by atoms with Crippen LogP contribution in [0.5, 0.6) is 0 Å². The SMILES string of the molecule is CC1(C)CC(=O)CC(C)(C)C1.CC1(C)CC(C)(C)CC(C)(N)C1.CC1(C)CC(C)(C)CC(C)(NC(=O)CCl)C1.CC1(C)CC(C)(C)CC(C)(O)C1.CC1=CC(=O)CC(C)(C)C1.Cl.[Cl][Cu]. The molecule has 0 aromatic heterocycles. The molecule has 4 fully saturated rings. The molecule has 5 rings (SSSR count). The number of nitrogens with one attached hydrogen (secondary N) is 1. The van der Waals surface area contributed by atoms with Crippen molar-refractivity contribution < 1.29 is 34.6 Å². The maximum atomic E-state index is 11.5. The normalized spacial score (nSPS) is 27.2. The molecule has 0 aromatic carbocycles. The van der Waals surface area contributed by atoms with E-state index in [0.717, 1.165) is 57.8 Å². The van der Waals surface area contributed by atoms with Crippen molar-refractivity contribution in [2.45, 2.75) is 259 Å². The number of carbonyl (C=O) groups is 3. The Balaban J connectivity index is 0. The summed E-state index contributed by atoms with van der Waals surface area (Å²) in [5, 5.41) is 13.1. The van der Waals surface area contributed by atoms with E-state index >= 15 is 0 Å². The molecular weight excluding hydrogens is 911 g/mol. The maximum absolute atomic E-state index is 11.5. The molecular formula is C54H102Cl3CuN2O4. The van der Waals surface area contributed by atoms with Gasteiger partial charge >= 0.3 is 25.2 Å². The van der Waals surface area contributed by atoms with Gasteiger partial charge in [-0.15, -0.1) is 24.0 Å². The zero-order chi connectivity index (χ0) is 50.3. The summed E-state index contributed by atoms with van der Waals surface area (Å²) in [6.07, 6.45) is 16.2. The molecule has 384 valence electrons. The molecule has 0 radical (unpaired) electrons. The zero-order valence-electron chi connectivity index (χ0n) is 45.4. The fourth-order valence-corrected chi connectivity index (χ4v) is 15.6. The first-order chi connectivity index (χ1) is 27.6. The molecule has 0 spiro atoms. The van der Waals surface area contributed by atoms with Gasteiger partial charge in [-0.3, -0.25) is 14.4 Å². The molecule has 64 heavy (non-hydrogen) atoms. The van der Waals surface area contributed by atoms with Crippen LogP contribution < -0.4 is 11.1 Å². The number of alkyl halides is 1. The number of hydrogen-bond donors (Lipinski definition) is 3. The third-order valence-corrected chi connectivity index (χ3v) is 13.0. The Morgan fingerprint density at radius 2 is 0.859 bits per heavy atom. The van der Waals surface area contributed by atoms with E-state index in [-0.39, 0.29) is 68.1 Å². The molecule has 6 nitrogen and oxygen atoms in total. The van der Waals surface area contributed by atoms with E-state index in [1.54, 1.807) is 6.08 Å². The third kappa shape index (κ3) is 27.8. The second-order valence-corrected chi connectivity index (χ2v) is 29.6. The molecule has 5 aliphatic carbocycles. The van der Waals surface area contributed by atoms with Gasteiger partial charge in [0, 0.05) is 30.3 Å². The zero-order valence-corrected chi connectivity index (χ0v) is 48.7. The van der Waals surface area contributed by atoms with Gasteiger partial charge in [0.15, 0.2) is 5.78 Å². The third-order valence-electron chi connectivity index (χ3n) is 12.8. The molecule has 0 heterocycles. The number of rotatable bonds is 2. The van der Waals surface area contributed by atoms with E-state index in [4.69, 9.17) is 17.3 Å². The molecule has 4 saturated carbocycles. The van der Waals surface area contributed by atoms with E-state index in [9.17, 15) is 19.5 Å². The number of ketones is 2. The number of hydrogen-bond acceptors (Lipinski definition) is 5. The first-order valence-electron chi connectivity index (χ1n) is 23.8. The molecule has 0 saturated heterocycles. The van der Waals surface area contributed by atoms with Crippen LogP contribution >= 0.6 is 34.1 Å². The predicted molar refractivity (Wildman–Crippen MR) is 276 cm³/mol. The van der Waals surface area contributed by atoms with Crippen molar-refractivity contribution in [3.63, 3.8) is 0 Å². The van der Waals surface area contributed by atoms with Crippen LogP contribution in [0.15, 0.2) is 11.6 Å². The second-order valence-electron chi connectivity index (χ2n) is 29.3. The Kier molecular flexibility index (Phi) is 24.4. The van der Waals surface area contributed by atoms with Crippen molar-refractivity contribution >= 4 is 51.6 Å². The second kappa shape index (κ2) is 23.6. The average Bonchev–Trinajstić information content (AvgIpc) is 2.88. The quantitative estimate of drug-likeness (QED) is 0.189. The molecule has 10 heteroatoms. The summed E-state index contributed by atoms with van der Waals surface area (Å²) >= 11 is 9.22. The van der Waals surface area contributed by atoms with Crippen LogP contribution in [-0.2, 0) is 29.5 Å². The molecule has 1 amide bonds. The van der Waals surface area contributed by atoms with E-state index in [1.165, 1.54) is 31.3 Å². The van der Waals surface area contributed by atoms with E-state index in [2.05, 4.69) is 169 Å². The number of nitrogens with two attached hydrogens (primary N) is 1. The first-order valence-corrected chi connectivity index (χ1v) is 25.7. The summed E-state index contributed by atoms with van der Waals surface area (Å²) in [5.74, 6) is 0.717.